The maximum Gasteiger partial charge on any atom is 0.371 e. The fraction of sp³-hybridized carbons (Fsp3) is 0.231. The summed E-state index contributed by atoms with van der Waals surface area (Å²) < 4.78 is 8.04. The average molecular weight is 288 g/mol. The van der Waals surface area contributed by atoms with Gasteiger partial charge in [0.25, 0.3) is 5.56 Å². The number of nitrogens with zero attached hydrogens (tertiary/aromatic N) is 4. The van der Waals surface area contributed by atoms with Gasteiger partial charge in [-0.3, -0.25) is 14.0 Å². The number of carboxylic acid groups (broad SMARTS) is 1. The molecule has 8 nitrogen and oxygen atoms in total. The standard InChI is InChI=1S/C13H12N4O4/c1-7-8(3-10(21-7)13(19)20)5-17-6-14-11-9(12(17)18)4-15-16(11)2/h3-4,6H,5H2,1-2H3,(H,19,20). The van der Waals surface area contributed by atoms with Crippen LogP contribution in [0.3, 0.4) is 0 Å². The van der Waals surface area contributed by atoms with Crippen LogP contribution in [0.2, 0.25) is 0 Å². The number of carbonyl (C=O) groups is 1. The van der Waals surface area contributed by atoms with Crippen molar-refractivity contribution in [3.63, 3.8) is 0 Å². The van der Waals surface area contributed by atoms with Crippen LogP contribution in [-0.2, 0) is 13.6 Å². The number of hydrogen-bond donors (Lipinski definition) is 1. The van der Waals surface area contributed by atoms with Crippen LogP contribution in [-0.4, -0.2) is 30.4 Å². The minimum Gasteiger partial charge on any atom is -0.475 e. The molecule has 3 aromatic rings. The number of aryl methyl sites for hydroxylation is 2. The Morgan fingerprint density at radius 2 is 2.24 bits per heavy atom. The lowest BCUT2D eigenvalue weighted by atomic mass is 10.2. The second-order valence-corrected chi connectivity index (χ2v) is 4.68. The Morgan fingerprint density at radius 1 is 1.48 bits per heavy atom. The first-order chi connectivity index (χ1) is 9.97. The van der Waals surface area contributed by atoms with E-state index >= 15 is 0 Å². The summed E-state index contributed by atoms with van der Waals surface area (Å²) in [4.78, 5) is 27.4. The molecule has 108 valence electrons. The molecule has 0 bridgehead atoms. The molecule has 3 aromatic heterocycles. The number of rotatable bonds is 3. The molecule has 8 heteroatoms. The fourth-order valence-electron chi connectivity index (χ4n) is 2.14. The number of hydrogen-bond acceptors (Lipinski definition) is 5. The van der Waals surface area contributed by atoms with Crippen molar-refractivity contribution in [2.24, 2.45) is 7.05 Å². The summed E-state index contributed by atoms with van der Waals surface area (Å²) in [6.45, 7) is 1.85. The summed E-state index contributed by atoms with van der Waals surface area (Å²) in [5, 5.41) is 13.3. The normalized spacial score (nSPS) is 11.1. The SMILES string of the molecule is Cc1oc(C(=O)O)cc1Cn1cnc2c(cnn2C)c1=O. The molecular formula is C13H12N4O4. The zero-order valence-electron chi connectivity index (χ0n) is 11.4. The molecule has 1 N–H and O–H groups in total. The summed E-state index contributed by atoms with van der Waals surface area (Å²) in [5.41, 5.74) is 0.900. The van der Waals surface area contributed by atoms with Gasteiger partial charge in [-0.05, 0) is 13.0 Å². The molecule has 3 heterocycles. The van der Waals surface area contributed by atoms with E-state index in [-0.39, 0.29) is 17.9 Å². The molecule has 0 aliphatic rings. The van der Waals surface area contributed by atoms with Gasteiger partial charge in [-0.1, -0.05) is 0 Å². The van der Waals surface area contributed by atoms with Crippen LogP contribution in [0.4, 0.5) is 0 Å². The third-order valence-corrected chi connectivity index (χ3v) is 3.29. The highest BCUT2D eigenvalue weighted by Gasteiger charge is 2.15. The van der Waals surface area contributed by atoms with E-state index in [0.717, 1.165) is 0 Å². The molecule has 0 saturated carbocycles. The lowest BCUT2D eigenvalue weighted by Crippen LogP contribution is -2.21. The Morgan fingerprint density at radius 3 is 2.90 bits per heavy atom. The molecule has 0 saturated heterocycles. The Labute approximate surface area is 118 Å². The van der Waals surface area contributed by atoms with Gasteiger partial charge >= 0.3 is 5.97 Å². The molecule has 0 aliphatic heterocycles. The van der Waals surface area contributed by atoms with E-state index in [1.54, 1.807) is 14.0 Å². The van der Waals surface area contributed by atoms with Crippen LogP contribution in [0, 0.1) is 6.92 Å². The molecule has 0 atom stereocenters. The molecule has 3 rings (SSSR count). The third kappa shape index (κ3) is 2.10. The highest BCUT2D eigenvalue weighted by atomic mass is 16.4. The van der Waals surface area contributed by atoms with Crippen molar-refractivity contribution in [1.82, 2.24) is 19.3 Å². The quantitative estimate of drug-likeness (QED) is 0.763. The van der Waals surface area contributed by atoms with Crippen LogP contribution in [0.1, 0.15) is 21.9 Å². The maximum atomic E-state index is 12.3. The van der Waals surface area contributed by atoms with Crippen molar-refractivity contribution in [3.8, 4) is 0 Å². The second kappa shape index (κ2) is 4.58. The summed E-state index contributed by atoms with van der Waals surface area (Å²) in [6.07, 6.45) is 2.88. The predicted molar refractivity (Wildman–Crippen MR) is 72.3 cm³/mol. The molecule has 0 fully saturated rings. The van der Waals surface area contributed by atoms with Gasteiger partial charge < -0.3 is 9.52 Å². The van der Waals surface area contributed by atoms with Crippen molar-refractivity contribution in [2.45, 2.75) is 13.5 Å². The molecule has 0 spiro atoms. The largest absolute Gasteiger partial charge is 0.475 e. The zero-order valence-corrected chi connectivity index (χ0v) is 11.4. The van der Waals surface area contributed by atoms with Crippen molar-refractivity contribution < 1.29 is 14.3 Å². The minimum absolute atomic E-state index is 0.147. The first-order valence-electron chi connectivity index (χ1n) is 6.17. The maximum absolute atomic E-state index is 12.3. The lowest BCUT2D eigenvalue weighted by molar-refractivity contribution is 0.0661. The van der Waals surface area contributed by atoms with E-state index in [1.807, 2.05) is 0 Å². The van der Waals surface area contributed by atoms with Gasteiger partial charge in [0, 0.05) is 12.6 Å². The fourth-order valence-corrected chi connectivity index (χ4v) is 2.14. The molecule has 0 aromatic carbocycles. The first kappa shape index (κ1) is 13.1. The Bertz CT molecular complexity index is 903. The second-order valence-electron chi connectivity index (χ2n) is 4.68. The van der Waals surface area contributed by atoms with Gasteiger partial charge in [0.05, 0.1) is 12.7 Å². The lowest BCUT2D eigenvalue weighted by Gasteiger charge is -2.04. The van der Waals surface area contributed by atoms with E-state index in [0.29, 0.717) is 22.4 Å². The first-order valence-corrected chi connectivity index (χ1v) is 6.17. The van der Waals surface area contributed by atoms with E-state index in [9.17, 15) is 9.59 Å². The van der Waals surface area contributed by atoms with E-state index in [2.05, 4.69) is 10.1 Å². The molecule has 0 unspecified atom stereocenters. The summed E-state index contributed by atoms with van der Waals surface area (Å²) in [7, 11) is 1.71. The van der Waals surface area contributed by atoms with E-state index < -0.39 is 5.97 Å². The predicted octanol–water partition coefficient (Wildman–Crippen LogP) is 0.778. The average Bonchev–Trinajstić information content (AvgIpc) is 2.98. The van der Waals surface area contributed by atoms with Crippen molar-refractivity contribution >= 4 is 17.0 Å². The Kier molecular flexibility index (Phi) is 2.86. The minimum atomic E-state index is -1.14. The van der Waals surface area contributed by atoms with Crippen molar-refractivity contribution in [2.75, 3.05) is 0 Å². The summed E-state index contributed by atoms with van der Waals surface area (Å²) >= 11 is 0. The van der Waals surface area contributed by atoms with Gasteiger partial charge in [0.2, 0.25) is 5.76 Å². The summed E-state index contributed by atoms with van der Waals surface area (Å²) in [6, 6.07) is 1.41. The van der Waals surface area contributed by atoms with Crippen LogP contribution in [0.25, 0.3) is 11.0 Å². The summed E-state index contributed by atoms with van der Waals surface area (Å²) in [5.74, 6) is -0.825. The van der Waals surface area contributed by atoms with Gasteiger partial charge in [0.1, 0.15) is 17.5 Å². The topological polar surface area (TPSA) is 103 Å². The number of carboxylic acids is 1. The molecule has 21 heavy (non-hydrogen) atoms. The Hall–Kier alpha value is -2.90. The van der Waals surface area contributed by atoms with Gasteiger partial charge in [-0.2, -0.15) is 5.10 Å². The highest BCUT2D eigenvalue weighted by molar-refractivity contribution is 5.84. The van der Waals surface area contributed by atoms with E-state index in [1.165, 1.54) is 27.8 Å². The molecule has 0 aliphatic carbocycles. The molecular weight excluding hydrogens is 276 g/mol. The molecule has 0 amide bonds. The highest BCUT2D eigenvalue weighted by Crippen LogP contribution is 2.15. The van der Waals surface area contributed by atoms with Crippen LogP contribution in [0.5, 0.6) is 0 Å². The third-order valence-electron chi connectivity index (χ3n) is 3.29. The monoisotopic (exact) mass is 288 g/mol. The van der Waals surface area contributed by atoms with Gasteiger partial charge in [-0.25, -0.2) is 9.78 Å². The van der Waals surface area contributed by atoms with Gasteiger partial charge in [0.15, 0.2) is 5.65 Å². The van der Waals surface area contributed by atoms with Crippen LogP contribution in [0.15, 0.2) is 27.8 Å². The van der Waals surface area contributed by atoms with Crippen LogP contribution >= 0.6 is 0 Å². The number of aromatic carboxylic acids is 1. The molecule has 0 radical (unpaired) electrons. The van der Waals surface area contributed by atoms with Crippen molar-refractivity contribution in [1.29, 1.82) is 0 Å². The zero-order chi connectivity index (χ0) is 15.1. The van der Waals surface area contributed by atoms with Gasteiger partial charge in [-0.15, -0.1) is 0 Å². The van der Waals surface area contributed by atoms with Crippen LogP contribution < -0.4 is 5.56 Å². The Balaban J connectivity index is 2.04. The van der Waals surface area contributed by atoms with Crippen molar-refractivity contribution in [3.05, 3.63) is 46.0 Å². The smallest absolute Gasteiger partial charge is 0.371 e. The number of aromatic nitrogens is 4. The number of fused-ring (bicyclic) bond motifs is 1. The number of furan rings is 1. The van der Waals surface area contributed by atoms with E-state index in [4.69, 9.17) is 9.52 Å².